The normalized spacial score (nSPS) is 12.3. The average Bonchev–Trinajstić information content (AvgIpc) is 2.85. The molecule has 0 saturated carbocycles. The molecule has 0 spiro atoms. The number of benzene rings is 2. The summed E-state index contributed by atoms with van der Waals surface area (Å²) in [5.41, 5.74) is 3.86. The van der Waals surface area contributed by atoms with E-state index < -0.39 is 0 Å². The van der Waals surface area contributed by atoms with Gasteiger partial charge in [-0.3, -0.25) is 4.79 Å². The molecule has 0 aliphatic rings. The molecule has 112 valence electrons. The smallest absolute Gasteiger partial charge is 0.287 e. The Labute approximate surface area is 130 Å². The van der Waals surface area contributed by atoms with Gasteiger partial charge in [0.2, 0.25) is 0 Å². The molecule has 0 aliphatic heterocycles. The molecule has 3 heteroatoms. The van der Waals surface area contributed by atoms with Crippen LogP contribution in [0.15, 0.2) is 52.9 Å². The molecule has 0 fully saturated rings. The highest BCUT2D eigenvalue weighted by Gasteiger charge is 2.19. The van der Waals surface area contributed by atoms with Gasteiger partial charge < -0.3 is 9.73 Å². The van der Waals surface area contributed by atoms with E-state index in [9.17, 15) is 4.79 Å². The number of aryl methyl sites for hydroxylation is 2. The summed E-state index contributed by atoms with van der Waals surface area (Å²) in [6.07, 6.45) is 0. The summed E-state index contributed by atoms with van der Waals surface area (Å²) < 4.78 is 5.74. The van der Waals surface area contributed by atoms with E-state index in [0.29, 0.717) is 5.76 Å². The minimum Gasteiger partial charge on any atom is -0.451 e. The predicted molar refractivity (Wildman–Crippen MR) is 88.0 cm³/mol. The molecule has 3 rings (SSSR count). The third kappa shape index (κ3) is 2.62. The molecule has 2 aromatic carbocycles. The second kappa shape index (κ2) is 5.68. The molecule has 1 atom stereocenters. The van der Waals surface area contributed by atoms with Crippen molar-refractivity contribution < 1.29 is 9.21 Å². The third-order valence-electron chi connectivity index (χ3n) is 3.95. The summed E-state index contributed by atoms with van der Waals surface area (Å²) in [5, 5.41) is 3.99. The lowest BCUT2D eigenvalue weighted by atomic mass is 10.1. The van der Waals surface area contributed by atoms with Gasteiger partial charge in [0.15, 0.2) is 5.76 Å². The molecular formula is C19H19NO2. The monoisotopic (exact) mass is 293 g/mol. The van der Waals surface area contributed by atoms with Crippen LogP contribution < -0.4 is 5.32 Å². The number of hydrogen-bond donors (Lipinski definition) is 1. The zero-order valence-corrected chi connectivity index (χ0v) is 13.0. The fraction of sp³-hybridized carbons (Fsp3) is 0.211. The van der Waals surface area contributed by atoms with E-state index in [0.717, 1.165) is 27.7 Å². The highest BCUT2D eigenvalue weighted by atomic mass is 16.3. The van der Waals surface area contributed by atoms with Gasteiger partial charge in [0.1, 0.15) is 5.58 Å². The van der Waals surface area contributed by atoms with Crippen molar-refractivity contribution in [1.29, 1.82) is 0 Å². The van der Waals surface area contributed by atoms with Crippen molar-refractivity contribution >= 4 is 16.9 Å². The largest absolute Gasteiger partial charge is 0.451 e. The topological polar surface area (TPSA) is 42.2 Å². The van der Waals surface area contributed by atoms with E-state index >= 15 is 0 Å². The van der Waals surface area contributed by atoms with Gasteiger partial charge in [-0.05, 0) is 38.5 Å². The van der Waals surface area contributed by atoms with Crippen molar-refractivity contribution in [3.05, 3.63) is 71.0 Å². The third-order valence-corrected chi connectivity index (χ3v) is 3.95. The van der Waals surface area contributed by atoms with Crippen molar-refractivity contribution in [3.63, 3.8) is 0 Å². The molecule has 22 heavy (non-hydrogen) atoms. The van der Waals surface area contributed by atoms with E-state index in [1.807, 2.05) is 69.3 Å². The molecule has 3 nitrogen and oxygen atoms in total. The summed E-state index contributed by atoms with van der Waals surface area (Å²) in [6.45, 7) is 5.92. The number of hydrogen-bond acceptors (Lipinski definition) is 2. The SMILES string of the molecule is Cc1ccc2oc(C(=O)N[C@H](C)c3ccccc3)c(C)c2c1. The minimum absolute atomic E-state index is 0.0666. The quantitative estimate of drug-likeness (QED) is 0.770. The predicted octanol–water partition coefficient (Wildman–Crippen LogP) is 4.54. The maximum atomic E-state index is 12.5. The van der Waals surface area contributed by atoms with Gasteiger partial charge in [0.05, 0.1) is 6.04 Å². The molecule has 0 unspecified atom stereocenters. The van der Waals surface area contributed by atoms with Crippen LogP contribution in [0.3, 0.4) is 0 Å². The average molecular weight is 293 g/mol. The Balaban J connectivity index is 1.88. The molecule has 0 aliphatic carbocycles. The zero-order chi connectivity index (χ0) is 15.7. The fourth-order valence-electron chi connectivity index (χ4n) is 2.64. The van der Waals surface area contributed by atoms with Crippen LogP contribution in [0.5, 0.6) is 0 Å². The maximum Gasteiger partial charge on any atom is 0.287 e. The summed E-state index contributed by atoms with van der Waals surface area (Å²) in [5.74, 6) is 0.214. The fourth-order valence-corrected chi connectivity index (χ4v) is 2.64. The Bertz CT molecular complexity index is 818. The van der Waals surface area contributed by atoms with E-state index in [1.165, 1.54) is 0 Å². The first-order chi connectivity index (χ1) is 10.6. The van der Waals surface area contributed by atoms with E-state index in [2.05, 4.69) is 5.32 Å². The minimum atomic E-state index is -0.178. The summed E-state index contributed by atoms with van der Waals surface area (Å²) >= 11 is 0. The van der Waals surface area contributed by atoms with Gasteiger partial charge in [0.25, 0.3) is 5.91 Å². The summed E-state index contributed by atoms with van der Waals surface area (Å²) in [7, 11) is 0. The first kappa shape index (κ1) is 14.4. The highest BCUT2D eigenvalue weighted by molar-refractivity contribution is 5.99. The van der Waals surface area contributed by atoms with Crippen LogP contribution in [0.2, 0.25) is 0 Å². The number of rotatable bonds is 3. The van der Waals surface area contributed by atoms with Gasteiger partial charge in [-0.1, -0.05) is 42.0 Å². The first-order valence-electron chi connectivity index (χ1n) is 7.42. The molecule has 1 heterocycles. The van der Waals surface area contributed by atoms with Gasteiger partial charge >= 0.3 is 0 Å². The molecular weight excluding hydrogens is 274 g/mol. The van der Waals surface area contributed by atoms with E-state index in [4.69, 9.17) is 4.42 Å². The summed E-state index contributed by atoms with van der Waals surface area (Å²) in [4.78, 5) is 12.5. The Morgan fingerprint density at radius 1 is 1.09 bits per heavy atom. The number of carbonyl (C=O) groups excluding carboxylic acids is 1. The van der Waals surface area contributed by atoms with Gasteiger partial charge in [-0.25, -0.2) is 0 Å². The Kier molecular flexibility index (Phi) is 3.72. The maximum absolute atomic E-state index is 12.5. The van der Waals surface area contributed by atoms with Gasteiger partial charge in [-0.2, -0.15) is 0 Å². The second-order valence-electron chi connectivity index (χ2n) is 5.66. The van der Waals surface area contributed by atoms with Crippen molar-refractivity contribution in [3.8, 4) is 0 Å². The van der Waals surface area contributed by atoms with Crippen molar-refractivity contribution in [2.45, 2.75) is 26.8 Å². The number of nitrogens with one attached hydrogen (secondary N) is 1. The molecule has 0 radical (unpaired) electrons. The Hall–Kier alpha value is -2.55. The number of furan rings is 1. The second-order valence-corrected chi connectivity index (χ2v) is 5.66. The zero-order valence-electron chi connectivity index (χ0n) is 13.0. The number of carbonyl (C=O) groups is 1. The highest BCUT2D eigenvalue weighted by Crippen LogP contribution is 2.26. The standard InChI is InChI=1S/C19H19NO2/c1-12-9-10-17-16(11-12)13(2)18(22-17)19(21)20-14(3)15-7-5-4-6-8-15/h4-11,14H,1-3H3,(H,20,21)/t14-/m1/s1. The van der Waals surface area contributed by atoms with E-state index in [-0.39, 0.29) is 11.9 Å². The molecule has 1 N–H and O–H groups in total. The Morgan fingerprint density at radius 2 is 1.82 bits per heavy atom. The lowest BCUT2D eigenvalue weighted by Crippen LogP contribution is -2.26. The van der Waals surface area contributed by atoms with Crippen LogP contribution in [0.4, 0.5) is 0 Å². The molecule has 1 aromatic heterocycles. The van der Waals surface area contributed by atoms with Crippen LogP contribution in [-0.4, -0.2) is 5.91 Å². The number of amides is 1. The number of fused-ring (bicyclic) bond motifs is 1. The molecule has 1 amide bonds. The first-order valence-corrected chi connectivity index (χ1v) is 7.42. The molecule has 3 aromatic rings. The molecule has 0 bridgehead atoms. The van der Waals surface area contributed by atoms with Gasteiger partial charge in [-0.15, -0.1) is 0 Å². The Morgan fingerprint density at radius 3 is 2.55 bits per heavy atom. The lowest BCUT2D eigenvalue weighted by molar-refractivity contribution is 0.0913. The van der Waals surface area contributed by atoms with Crippen LogP contribution in [0.25, 0.3) is 11.0 Å². The van der Waals surface area contributed by atoms with Crippen LogP contribution in [-0.2, 0) is 0 Å². The molecule has 0 saturated heterocycles. The van der Waals surface area contributed by atoms with E-state index in [1.54, 1.807) is 0 Å². The van der Waals surface area contributed by atoms with Crippen molar-refractivity contribution in [2.75, 3.05) is 0 Å². The lowest BCUT2D eigenvalue weighted by Gasteiger charge is -2.13. The van der Waals surface area contributed by atoms with Crippen molar-refractivity contribution in [2.24, 2.45) is 0 Å². The van der Waals surface area contributed by atoms with Crippen LogP contribution in [0.1, 0.15) is 40.2 Å². The summed E-state index contributed by atoms with van der Waals surface area (Å²) in [6, 6.07) is 15.8. The van der Waals surface area contributed by atoms with Crippen molar-refractivity contribution in [1.82, 2.24) is 5.32 Å². The van der Waals surface area contributed by atoms with Gasteiger partial charge in [0, 0.05) is 10.9 Å². The van der Waals surface area contributed by atoms with Crippen LogP contribution in [0, 0.1) is 13.8 Å². The van der Waals surface area contributed by atoms with Crippen LogP contribution >= 0.6 is 0 Å².